The monoisotopic (exact) mass is 252 g/mol. The van der Waals surface area contributed by atoms with E-state index in [1.54, 1.807) is 0 Å². The van der Waals surface area contributed by atoms with E-state index in [-0.39, 0.29) is 0 Å². The zero-order valence-corrected chi connectivity index (χ0v) is 10.6. The van der Waals surface area contributed by atoms with E-state index in [0.29, 0.717) is 26.1 Å². The Bertz CT molecular complexity index is 355. The van der Waals surface area contributed by atoms with E-state index in [0.717, 1.165) is 25.3 Å². The first kappa shape index (κ1) is 13.3. The summed E-state index contributed by atoms with van der Waals surface area (Å²) in [6.45, 7) is 3.48. The van der Waals surface area contributed by atoms with Crippen molar-refractivity contribution in [3.63, 3.8) is 0 Å². The molecule has 1 heterocycles. The molecule has 0 aromatic heterocycles. The van der Waals surface area contributed by atoms with Gasteiger partial charge < -0.3 is 10.5 Å². The first-order chi connectivity index (χ1) is 8.78. The zero-order valence-electron chi connectivity index (χ0n) is 10.6. The molecular weight excluding hydrogens is 231 g/mol. The summed E-state index contributed by atoms with van der Waals surface area (Å²) in [5, 5.41) is 0. The highest BCUT2D eigenvalue weighted by atomic mass is 19.1. The highest BCUT2D eigenvalue weighted by Gasteiger charge is 2.20. The van der Waals surface area contributed by atoms with Crippen LogP contribution in [-0.2, 0) is 6.42 Å². The Balaban J connectivity index is 1.69. The highest BCUT2D eigenvalue weighted by Crippen LogP contribution is 2.14. The number of hydrogen-bond donors (Lipinski definition) is 1. The lowest BCUT2D eigenvalue weighted by Gasteiger charge is -2.15. The van der Waals surface area contributed by atoms with E-state index in [4.69, 9.17) is 10.5 Å². The molecule has 0 amide bonds. The maximum atomic E-state index is 12.9. The minimum Gasteiger partial charge on any atom is -0.492 e. The van der Waals surface area contributed by atoms with Crippen LogP contribution in [-0.4, -0.2) is 43.9 Å². The molecule has 18 heavy (non-hydrogen) atoms. The summed E-state index contributed by atoms with van der Waals surface area (Å²) in [5.41, 5.74) is 6.72. The van der Waals surface area contributed by atoms with Crippen molar-refractivity contribution in [1.82, 2.24) is 4.90 Å². The maximum absolute atomic E-state index is 12.9. The van der Waals surface area contributed by atoms with Crippen LogP contribution in [0.5, 0.6) is 5.75 Å². The second-order valence-electron chi connectivity index (χ2n) is 4.72. The van der Waals surface area contributed by atoms with Crippen molar-refractivity contribution in [3.8, 4) is 5.75 Å². The molecule has 0 spiro atoms. The molecule has 0 saturated carbocycles. The van der Waals surface area contributed by atoms with Crippen LogP contribution in [0.4, 0.5) is 4.39 Å². The quantitative estimate of drug-likeness (QED) is 0.836. The summed E-state index contributed by atoms with van der Waals surface area (Å²) in [6.07, 6.45) is 0.903. The predicted molar refractivity (Wildman–Crippen MR) is 70.6 cm³/mol. The van der Waals surface area contributed by atoms with Crippen molar-refractivity contribution in [2.75, 3.05) is 32.8 Å². The summed E-state index contributed by atoms with van der Waals surface area (Å²) in [5.74, 6) is 0.867. The van der Waals surface area contributed by atoms with E-state index in [2.05, 4.69) is 4.90 Å². The predicted octanol–water partition coefficient (Wildman–Crippen LogP) is 1.61. The summed E-state index contributed by atoms with van der Waals surface area (Å²) in [7, 11) is 0. The van der Waals surface area contributed by atoms with Crippen molar-refractivity contribution >= 4 is 0 Å². The second kappa shape index (κ2) is 6.71. The molecule has 1 aliphatic rings. The third-order valence-electron chi connectivity index (χ3n) is 3.25. The summed E-state index contributed by atoms with van der Waals surface area (Å²) in [4.78, 5) is 2.10. The fraction of sp³-hybridized carbons (Fsp3) is 0.571. The number of ether oxygens (including phenoxy) is 1. The summed E-state index contributed by atoms with van der Waals surface area (Å²) >= 11 is 0. The molecule has 2 N–H and O–H groups in total. The number of halogens is 1. The van der Waals surface area contributed by atoms with Gasteiger partial charge in [-0.15, -0.1) is 0 Å². The lowest BCUT2D eigenvalue weighted by molar-refractivity contribution is 0.224. The molecule has 0 radical (unpaired) electrons. The standard InChI is InChI=1S/C14H21FN2O/c15-13-6-8-17(11-13)9-10-18-14-3-1-12(2-4-14)5-7-16/h1-4,13H,5-11,16H2/t13-/m1/s1. The number of nitrogens with zero attached hydrogens (tertiary/aromatic N) is 1. The Morgan fingerprint density at radius 3 is 2.72 bits per heavy atom. The van der Waals surface area contributed by atoms with Crippen LogP contribution in [0.1, 0.15) is 12.0 Å². The van der Waals surface area contributed by atoms with Crippen LogP contribution >= 0.6 is 0 Å². The second-order valence-corrected chi connectivity index (χ2v) is 4.72. The van der Waals surface area contributed by atoms with Gasteiger partial charge in [-0.3, -0.25) is 4.90 Å². The zero-order chi connectivity index (χ0) is 12.8. The molecule has 1 fully saturated rings. The van der Waals surface area contributed by atoms with Crippen LogP contribution in [0.3, 0.4) is 0 Å². The minimum absolute atomic E-state index is 0.554. The van der Waals surface area contributed by atoms with Gasteiger partial charge >= 0.3 is 0 Å². The highest BCUT2D eigenvalue weighted by molar-refractivity contribution is 5.27. The Morgan fingerprint density at radius 1 is 1.33 bits per heavy atom. The first-order valence-corrected chi connectivity index (χ1v) is 6.56. The Hall–Kier alpha value is -1.13. The van der Waals surface area contributed by atoms with Crippen LogP contribution in [0.2, 0.25) is 0 Å². The molecule has 4 heteroatoms. The van der Waals surface area contributed by atoms with Gasteiger partial charge in [-0.25, -0.2) is 4.39 Å². The van der Waals surface area contributed by atoms with Gasteiger partial charge in [0.05, 0.1) is 0 Å². The number of rotatable bonds is 6. The first-order valence-electron chi connectivity index (χ1n) is 6.56. The van der Waals surface area contributed by atoms with Crippen molar-refractivity contribution in [3.05, 3.63) is 29.8 Å². The third-order valence-corrected chi connectivity index (χ3v) is 3.25. The molecule has 2 rings (SSSR count). The molecule has 0 bridgehead atoms. The van der Waals surface area contributed by atoms with E-state index >= 15 is 0 Å². The van der Waals surface area contributed by atoms with Crippen LogP contribution in [0, 0.1) is 0 Å². The number of alkyl halides is 1. The van der Waals surface area contributed by atoms with Gasteiger partial charge in [-0.05, 0) is 37.1 Å². The van der Waals surface area contributed by atoms with Crippen LogP contribution in [0.25, 0.3) is 0 Å². The van der Waals surface area contributed by atoms with E-state index in [1.165, 1.54) is 5.56 Å². The molecular formula is C14H21FN2O. The smallest absolute Gasteiger partial charge is 0.119 e. The van der Waals surface area contributed by atoms with E-state index in [9.17, 15) is 4.39 Å². The minimum atomic E-state index is -0.652. The molecule has 0 aliphatic carbocycles. The lowest BCUT2D eigenvalue weighted by atomic mass is 10.1. The lowest BCUT2D eigenvalue weighted by Crippen LogP contribution is -2.26. The molecule has 0 unspecified atom stereocenters. The average molecular weight is 252 g/mol. The van der Waals surface area contributed by atoms with Crippen LogP contribution in [0.15, 0.2) is 24.3 Å². The van der Waals surface area contributed by atoms with Gasteiger partial charge in [0.2, 0.25) is 0 Å². The fourth-order valence-electron chi connectivity index (χ4n) is 2.20. The fourth-order valence-corrected chi connectivity index (χ4v) is 2.20. The normalized spacial score (nSPS) is 20.2. The third kappa shape index (κ3) is 3.96. The largest absolute Gasteiger partial charge is 0.492 e. The molecule has 1 saturated heterocycles. The van der Waals surface area contributed by atoms with Gasteiger partial charge in [-0.1, -0.05) is 12.1 Å². The number of benzene rings is 1. The van der Waals surface area contributed by atoms with Gasteiger partial charge in [0.15, 0.2) is 0 Å². The van der Waals surface area contributed by atoms with Gasteiger partial charge in [0, 0.05) is 19.6 Å². The van der Waals surface area contributed by atoms with Crippen LogP contribution < -0.4 is 10.5 Å². The van der Waals surface area contributed by atoms with E-state index in [1.807, 2.05) is 24.3 Å². The van der Waals surface area contributed by atoms with Crippen molar-refractivity contribution < 1.29 is 9.13 Å². The topological polar surface area (TPSA) is 38.5 Å². The molecule has 100 valence electrons. The Labute approximate surface area is 108 Å². The van der Waals surface area contributed by atoms with Crippen molar-refractivity contribution in [2.24, 2.45) is 5.73 Å². The average Bonchev–Trinajstić information content (AvgIpc) is 2.78. The summed E-state index contributed by atoms with van der Waals surface area (Å²) < 4.78 is 18.6. The van der Waals surface area contributed by atoms with Gasteiger partial charge in [0.1, 0.15) is 18.5 Å². The van der Waals surface area contributed by atoms with Crippen molar-refractivity contribution in [1.29, 1.82) is 0 Å². The number of nitrogens with two attached hydrogens (primary N) is 1. The maximum Gasteiger partial charge on any atom is 0.119 e. The van der Waals surface area contributed by atoms with Gasteiger partial charge in [0.25, 0.3) is 0 Å². The number of hydrogen-bond acceptors (Lipinski definition) is 3. The Morgan fingerprint density at radius 2 is 2.11 bits per heavy atom. The molecule has 3 nitrogen and oxygen atoms in total. The SMILES string of the molecule is NCCc1ccc(OCCN2CC[C@@H](F)C2)cc1. The summed E-state index contributed by atoms with van der Waals surface area (Å²) in [6, 6.07) is 8.01. The molecule has 1 aromatic rings. The Kier molecular flexibility index (Phi) is 4.96. The van der Waals surface area contributed by atoms with E-state index < -0.39 is 6.17 Å². The van der Waals surface area contributed by atoms with Gasteiger partial charge in [-0.2, -0.15) is 0 Å². The molecule has 1 aliphatic heterocycles. The number of likely N-dealkylation sites (tertiary alicyclic amines) is 1. The van der Waals surface area contributed by atoms with Crippen molar-refractivity contribution in [2.45, 2.75) is 19.0 Å². The molecule has 1 aromatic carbocycles. The molecule has 1 atom stereocenters.